The molecule has 0 aliphatic rings. The fraction of sp³-hybridized carbons (Fsp3) is 0.333. The van der Waals surface area contributed by atoms with Crippen molar-refractivity contribution in [3.63, 3.8) is 0 Å². The number of hydrogen-bond donors (Lipinski definition) is 1. The van der Waals surface area contributed by atoms with Gasteiger partial charge in [0.05, 0.1) is 16.2 Å². The smallest absolute Gasteiger partial charge is 0.295 e. The highest BCUT2D eigenvalue weighted by atomic mass is 79.9. The number of carbonyl (C=O) groups excluding carboxylic acids is 1. The second kappa shape index (κ2) is 6.30. The van der Waals surface area contributed by atoms with Crippen LogP contribution in [0, 0.1) is 6.92 Å². The Hall–Kier alpha value is -1.82. The molecule has 0 saturated carbocycles. The van der Waals surface area contributed by atoms with Gasteiger partial charge in [0.2, 0.25) is 5.91 Å². The maximum atomic E-state index is 12.6. The normalized spacial score (nSPS) is 12.2. The molecule has 5 nitrogen and oxygen atoms in total. The number of rotatable bonds is 4. The standard InChI is InChI=1S/C15H18BrN3O2/c1-4-12(16)14(20)17-13-10(2)18(3)19(15(13)21)11-8-6-5-7-9-11/h5-9,12H,4H2,1-3H3,(H,17,20)/t12-/m1/s1. The molecule has 112 valence electrons. The van der Waals surface area contributed by atoms with Gasteiger partial charge in [-0.1, -0.05) is 41.1 Å². The van der Waals surface area contributed by atoms with Gasteiger partial charge in [-0.3, -0.25) is 14.3 Å². The zero-order valence-corrected chi connectivity index (χ0v) is 13.8. The average Bonchev–Trinajstić information content (AvgIpc) is 2.71. The molecule has 1 amide bonds. The fourth-order valence-corrected chi connectivity index (χ4v) is 2.21. The molecule has 0 radical (unpaired) electrons. The van der Waals surface area contributed by atoms with Crippen molar-refractivity contribution in [2.24, 2.45) is 7.05 Å². The van der Waals surface area contributed by atoms with Crippen LogP contribution in [0.4, 0.5) is 5.69 Å². The number of aromatic nitrogens is 2. The van der Waals surface area contributed by atoms with Crippen molar-refractivity contribution < 1.29 is 4.79 Å². The van der Waals surface area contributed by atoms with Gasteiger partial charge in [0, 0.05) is 7.05 Å². The van der Waals surface area contributed by atoms with E-state index in [9.17, 15) is 9.59 Å². The van der Waals surface area contributed by atoms with Crippen molar-refractivity contribution in [1.82, 2.24) is 9.36 Å². The van der Waals surface area contributed by atoms with Crippen LogP contribution in [0.2, 0.25) is 0 Å². The molecular weight excluding hydrogens is 334 g/mol. The van der Waals surface area contributed by atoms with Gasteiger partial charge in [0.25, 0.3) is 5.56 Å². The maximum absolute atomic E-state index is 12.6. The summed E-state index contributed by atoms with van der Waals surface area (Å²) in [6.07, 6.45) is 0.657. The SMILES string of the molecule is CC[C@@H](Br)C(=O)Nc1c(C)n(C)n(-c2ccccc2)c1=O. The molecule has 2 rings (SSSR count). The van der Waals surface area contributed by atoms with E-state index in [-0.39, 0.29) is 16.3 Å². The van der Waals surface area contributed by atoms with Crippen LogP contribution < -0.4 is 10.9 Å². The molecule has 0 fully saturated rings. The summed E-state index contributed by atoms with van der Waals surface area (Å²) in [6.45, 7) is 3.71. The Balaban J connectivity index is 2.47. The number of carbonyl (C=O) groups is 1. The van der Waals surface area contributed by atoms with Crippen LogP contribution >= 0.6 is 15.9 Å². The Morgan fingerprint density at radius 1 is 1.33 bits per heavy atom. The Bertz CT molecular complexity index is 704. The molecule has 0 unspecified atom stereocenters. The molecule has 0 spiro atoms. The molecule has 0 saturated heterocycles. The van der Waals surface area contributed by atoms with Crippen molar-refractivity contribution in [3.8, 4) is 5.69 Å². The van der Waals surface area contributed by atoms with Crippen LogP contribution in [0.15, 0.2) is 35.1 Å². The second-order valence-electron chi connectivity index (χ2n) is 4.80. The highest BCUT2D eigenvalue weighted by molar-refractivity contribution is 9.10. The van der Waals surface area contributed by atoms with Crippen LogP contribution in [-0.2, 0) is 11.8 Å². The zero-order valence-electron chi connectivity index (χ0n) is 12.3. The largest absolute Gasteiger partial charge is 0.319 e. The summed E-state index contributed by atoms with van der Waals surface area (Å²) in [4.78, 5) is 24.3. The molecule has 1 N–H and O–H groups in total. The van der Waals surface area contributed by atoms with Gasteiger partial charge in [0.1, 0.15) is 5.69 Å². The predicted molar refractivity (Wildman–Crippen MR) is 87.4 cm³/mol. The summed E-state index contributed by atoms with van der Waals surface area (Å²) in [6, 6.07) is 9.34. The number of benzene rings is 1. The molecule has 0 aliphatic heterocycles. The van der Waals surface area contributed by atoms with Crippen molar-refractivity contribution in [3.05, 3.63) is 46.4 Å². The number of anilines is 1. The third-order valence-electron chi connectivity index (χ3n) is 3.45. The molecule has 1 aromatic carbocycles. The highest BCUT2D eigenvalue weighted by Crippen LogP contribution is 2.15. The minimum Gasteiger partial charge on any atom is -0.319 e. The first-order valence-corrected chi connectivity index (χ1v) is 7.67. The summed E-state index contributed by atoms with van der Waals surface area (Å²) in [7, 11) is 1.80. The van der Waals surface area contributed by atoms with Crippen LogP contribution in [0.1, 0.15) is 19.0 Å². The number of para-hydroxylation sites is 1. The molecule has 21 heavy (non-hydrogen) atoms. The minimum absolute atomic E-state index is 0.205. The summed E-state index contributed by atoms with van der Waals surface area (Å²) < 4.78 is 3.28. The van der Waals surface area contributed by atoms with E-state index < -0.39 is 0 Å². The summed E-state index contributed by atoms with van der Waals surface area (Å²) in [5.74, 6) is -0.205. The number of halogens is 1. The lowest BCUT2D eigenvalue weighted by molar-refractivity contribution is -0.115. The van der Waals surface area contributed by atoms with E-state index in [4.69, 9.17) is 0 Å². The molecule has 1 atom stereocenters. The Kier molecular flexibility index (Phi) is 4.67. The Morgan fingerprint density at radius 3 is 2.52 bits per heavy atom. The van der Waals surface area contributed by atoms with Crippen LogP contribution in [0.5, 0.6) is 0 Å². The highest BCUT2D eigenvalue weighted by Gasteiger charge is 2.20. The predicted octanol–water partition coefficient (Wildman–Crippen LogP) is 2.60. The quantitative estimate of drug-likeness (QED) is 0.860. The average molecular weight is 352 g/mol. The summed E-state index contributed by atoms with van der Waals surface area (Å²) >= 11 is 3.29. The lowest BCUT2D eigenvalue weighted by Crippen LogP contribution is -2.26. The van der Waals surface area contributed by atoms with E-state index in [0.29, 0.717) is 17.8 Å². The minimum atomic E-state index is -0.304. The van der Waals surface area contributed by atoms with Gasteiger partial charge in [-0.05, 0) is 25.5 Å². The molecule has 1 aromatic heterocycles. The lowest BCUT2D eigenvalue weighted by atomic mass is 10.3. The summed E-state index contributed by atoms with van der Waals surface area (Å²) in [5, 5.41) is 2.72. The van der Waals surface area contributed by atoms with E-state index in [1.165, 1.54) is 0 Å². The number of alkyl halides is 1. The first-order chi connectivity index (χ1) is 9.97. The number of nitrogens with zero attached hydrogens (tertiary/aromatic N) is 2. The maximum Gasteiger partial charge on any atom is 0.295 e. The van der Waals surface area contributed by atoms with Crippen molar-refractivity contribution in [2.45, 2.75) is 25.1 Å². The fourth-order valence-electron chi connectivity index (χ4n) is 2.10. The molecule has 1 heterocycles. The number of amides is 1. The first kappa shape index (κ1) is 15.6. The van der Waals surface area contributed by atoms with Gasteiger partial charge in [0.15, 0.2) is 0 Å². The van der Waals surface area contributed by atoms with Crippen LogP contribution in [0.25, 0.3) is 5.69 Å². The van der Waals surface area contributed by atoms with Gasteiger partial charge >= 0.3 is 0 Å². The third-order valence-corrected chi connectivity index (χ3v) is 4.51. The van der Waals surface area contributed by atoms with Crippen LogP contribution in [-0.4, -0.2) is 20.1 Å². The molecule has 0 bridgehead atoms. The number of hydrogen-bond acceptors (Lipinski definition) is 2. The first-order valence-electron chi connectivity index (χ1n) is 6.76. The molecule has 0 aliphatic carbocycles. The zero-order chi connectivity index (χ0) is 15.6. The Morgan fingerprint density at radius 2 is 1.95 bits per heavy atom. The van der Waals surface area contributed by atoms with Gasteiger partial charge in [-0.25, -0.2) is 4.68 Å². The van der Waals surface area contributed by atoms with Gasteiger partial charge in [-0.2, -0.15) is 0 Å². The van der Waals surface area contributed by atoms with E-state index in [1.54, 1.807) is 16.4 Å². The lowest BCUT2D eigenvalue weighted by Gasteiger charge is -2.07. The number of nitrogens with one attached hydrogen (secondary N) is 1. The summed E-state index contributed by atoms with van der Waals surface area (Å²) in [5.41, 5.74) is 1.57. The second-order valence-corrected chi connectivity index (χ2v) is 5.91. The topological polar surface area (TPSA) is 56.0 Å². The van der Waals surface area contributed by atoms with E-state index in [2.05, 4.69) is 21.2 Å². The van der Waals surface area contributed by atoms with Crippen molar-refractivity contribution in [2.75, 3.05) is 5.32 Å². The van der Waals surface area contributed by atoms with E-state index in [1.807, 2.05) is 44.2 Å². The van der Waals surface area contributed by atoms with Gasteiger partial charge < -0.3 is 5.32 Å². The monoisotopic (exact) mass is 351 g/mol. The molecule has 2 aromatic rings. The van der Waals surface area contributed by atoms with Crippen LogP contribution in [0.3, 0.4) is 0 Å². The molecular formula is C15H18BrN3O2. The van der Waals surface area contributed by atoms with Crippen molar-refractivity contribution in [1.29, 1.82) is 0 Å². The van der Waals surface area contributed by atoms with Crippen molar-refractivity contribution >= 4 is 27.5 Å². The Labute approximate surface area is 131 Å². The molecule has 6 heteroatoms. The van der Waals surface area contributed by atoms with Gasteiger partial charge in [-0.15, -0.1) is 0 Å². The van der Waals surface area contributed by atoms with E-state index >= 15 is 0 Å². The third kappa shape index (κ3) is 2.95. The van der Waals surface area contributed by atoms with E-state index in [0.717, 1.165) is 5.69 Å².